The molecule has 5 nitrogen and oxygen atoms in total. The van der Waals surface area contributed by atoms with Crippen LogP contribution in [-0.2, 0) is 16.0 Å². The Labute approximate surface area is 199 Å². The molecular formula is C27H30N2O3S. The molecule has 3 aromatic rings. The van der Waals surface area contributed by atoms with Crippen molar-refractivity contribution in [1.82, 2.24) is 5.32 Å². The molecule has 172 valence electrons. The number of hydrogen-bond acceptors (Lipinski definition) is 4. The van der Waals surface area contributed by atoms with Gasteiger partial charge in [0, 0.05) is 22.7 Å². The summed E-state index contributed by atoms with van der Waals surface area (Å²) in [5, 5.41) is 5.18. The lowest BCUT2D eigenvalue weighted by Gasteiger charge is -2.32. The molecule has 33 heavy (non-hydrogen) atoms. The number of anilines is 1. The van der Waals surface area contributed by atoms with E-state index in [4.69, 9.17) is 4.74 Å². The Balaban J connectivity index is 1.75. The first-order valence-electron chi connectivity index (χ1n) is 11.6. The van der Waals surface area contributed by atoms with Crippen LogP contribution in [0.25, 0.3) is 0 Å². The fourth-order valence-electron chi connectivity index (χ4n) is 4.38. The van der Waals surface area contributed by atoms with Gasteiger partial charge in [-0.2, -0.15) is 0 Å². The summed E-state index contributed by atoms with van der Waals surface area (Å²) in [5.74, 6) is 0.405. The van der Waals surface area contributed by atoms with Crippen LogP contribution in [-0.4, -0.2) is 24.5 Å². The average molecular weight is 463 g/mol. The van der Waals surface area contributed by atoms with Gasteiger partial charge in [0.25, 0.3) is 0 Å². The maximum absolute atomic E-state index is 13.7. The topological polar surface area (TPSA) is 58.6 Å². The Bertz CT molecular complexity index is 1050. The van der Waals surface area contributed by atoms with E-state index in [0.717, 1.165) is 36.1 Å². The number of thiophene rings is 1. The fraction of sp³-hybridized carbons (Fsp3) is 0.333. The van der Waals surface area contributed by atoms with Gasteiger partial charge in [-0.25, -0.2) is 0 Å². The second-order valence-electron chi connectivity index (χ2n) is 8.25. The van der Waals surface area contributed by atoms with Crippen LogP contribution in [0.2, 0.25) is 0 Å². The lowest BCUT2D eigenvalue weighted by Crippen LogP contribution is -2.46. The number of amides is 2. The van der Waals surface area contributed by atoms with Crippen molar-refractivity contribution in [2.45, 2.75) is 51.1 Å². The van der Waals surface area contributed by atoms with E-state index in [0.29, 0.717) is 18.0 Å². The number of nitrogens with zero attached hydrogens (tertiary/aromatic N) is 1. The van der Waals surface area contributed by atoms with Crippen LogP contribution < -0.4 is 15.0 Å². The molecule has 6 heteroatoms. The summed E-state index contributed by atoms with van der Waals surface area (Å²) in [6, 6.07) is 20.3. The zero-order valence-electron chi connectivity index (χ0n) is 18.9. The molecule has 1 aliphatic carbocycles. The van der Waals surface area contributed by atoms with E-state index in [1.54, 1.807) is 16.2 Å². The third-order valence-corrected chi connectivity index (χ3v) is 6.78. The minimum Gasteiger partial charge on any atom is -0.494 e. The van der Waals surface area contributed by atoms with Crippen molar-refractivity contribution in [3.8, 4) is 5.75 Å². The molecule has 0 aliphatic heterocycles. The molecule has 2 amide bonds. The molecular weight excluding hydrogens is 432 g/mol. The minimum atomic E-state index is -0.767. The smallest absolute Gasteiger partial charge is 0.248 e. The molecule has 0 saturated heterocycles. The maximum Gasteiger partial charge on any atom is 0.248 e. The van der Waals surface area contributed by atoms with Crippen molar-refractivity contribution in [3.05, 3.63) is 82.6 Å². The van der Waals surface area contributed by atoms with Gasteiger partial charge in [0.1, 0.15) is 11.8 Å². The summed E-state index contributed by atoms with van der Waals surface area (Å²) in [4.78, 5) is 30.1. The van der Waals surface area contributed by atoms with Gasteiger partial charge in [0.05, 0.1) is 13.0 Å². The second kappa shape index (κ2) is 11.1. The number of carbonyl (C=O) groups excluding carboxylic acids is 2. The first kappa shape index (κ1) is 23.1. The highest BCUT2D eigenvalue weighted by atomic mass is 32.1. The normalized spacial score (nSPS) is 14.6. The number of benzene rings is 2. The quantitative estimate of drug-likeness (QED) is 0.455. The van der Waals surface area contributed by atoms with E-state index in [-0.39, 0.29) is 24.3 Å². The molecule has 1 aromatic heterocycles. The molecule has 1 unspecified atom stereocenters. The molecule has 1 aliphatic rings. The molecule has 1 saturated carbocycles. The second-order valence-corrected chi connectivity index (χ2v) is 9.29. The maximum atomic E-state index is 13.7. The zero-order chi connectivity index (χ0) is 23.0. The summed E-state index contributed by atoms with van der Waals surface area (Å²) >= 11 is 1.54. The Morgan fingerprint density at radius 3 is 2.55 bits per heavy atom. The summed E-state index contributed by atoms with van der Waals surface area (Å²) in [7, 11) is 0. The molecule has 2 aromatic carbocycles. The highest BCUT2D eigenvalue weighted by Gasteiger charge is 2.34. The largest absolute Gasteiger partial charge is 0.494 e. The minimum absolute atomic E-state index is 0.124. The van der Waals surface area contributed by atoms with Crippen LogP contribution in [0.4, 0.5) is 5.69 Å². The average Bonchev–Trinajstić information content (AvgIpc) is 3.52. The standard InChI is InChI=1S/C27H30N2O3S/c1-2-32-23-15-8-14-22(18-23)29(25(30)19-24-16-9-17-33-24)26(20-10-4-3-5-11-20)27(31)28-21-12-6-7-13-21/h3-5,8-11,14-18,21,26H,2,6-7,12-13,19H2,1H3,(H,28,31). The SMILES string of the molecule is CCOc1cccc(N(C(=O)Cc2cccs2)C(C(=O)NC2CCCC2)c2ccccc2)c1. The van der Waals surface area contributed by atoms with E-state index in [1.165, 1.54) is 0 Å². The van der Waals surface area contributed by atoms with Crippen molar-refractivity contribution >= 4 is 28.8 Å². The molecule has 4 rings (SSSR count). The first-order valence-corrected chi connectivity index (χ1v) is 12.5. The van der Waals surface area contributed by atoms with Crippen molar-refractivity contribution in [2.24, 2.45) is 0 Å². The van der Waals surface area contributed by atoms with E-state index >= 15 is 0 Å². The monoisotopic (exact) mass is 462 g/mol. The van der Waals surface area contributed by atoms with Crippen molar-refractivity contribution < 1.29 is 14.3 Å². The van der Waals surface area contributed by atoms with Crippen LogP contribution in [0.3, 0.4) is 0 Å². The molecule has 1 heterocycles. The van der Waals surface area contributed by atoms with Gasteiger partial charge in [-0.1, -0.05) is 55.3 Å². The summed E-state index contributed by atoms with van der Waals surface area (Å²) in [6.07, 6.45) is 4.44. The number of carbonyl (C=O) groups is 2. The number of nitrogens with one attached hydrogen (secondary N) is 1. The molecule has 0 bridgehead atoms. The summed E-state index contributed by atoms with van der Waals surface area (Å²) in [6.45, 7) is 2.45. The van der Waals surface area contributed by atoms with Crippen LogP contribution in [0.5, 0.6) is 5.75 Å². The van der Waals surface area contributed by atoms with E-state index in [1.807, 2.05) is 79.0 Å². The lowest BCUT2D eigenvalue weighted by molar-refractivity contribution is -0.127. The van der Waals surface area contributed by atoms with Crippen molar-refractivity contribution in [3.63, 3.8) is 0 Å². The van der Waals surface area contributed by atoms with E-state index in [9.17, 15) is 9.59 Å². The van der Waals surface area contributed by atoms with Gasteiger partial charge < -0.3 is 10.1 Å². The van der Waals surface area contributed by atoms with E-state index in [2.05, 4.69) is 5.32 Å². The van der Waals surface area contributed by atoms with Gasteiger partial charge in [-0.05, 0) is 48.9 Å². The van der Waals surface area contributed by atoms with Crippen LogP contribution in [0, 0.1) is 0 Å². The van der Waals surface area contributed by atoms with Gasteiger partial charge >= 0.3 is 0 Å². The van der Waals surface area contributed by atoms with E-state index < -0.39 is 6.04 Å². The number of hydrogen-bond donors (Lipinski definition) is 1. The Kier molecular flexibility index (Phi) is 7.79. The van der Waals surface area contributed by atoms with Crippen LogP contribution in [0.15, 0.2) is 72.1 Å². The van der Waals surface area contributed by atoms with Crippen molar-refractivity contribution in [1.29, 1.82) is 0 Å². The van der Waals surface area contributed by atoms with Gasteiger partial charge in [0.15, 0.2) is 0 Å². The third-order valence-electron chi connectivity index (χ3n) is 5.90. The van der Waals surface area contributed by atoms with Crippen molar-refractivity contribution in [2.75, 3.05) is 11.5 Å². The third kappa shape index (κ3) is 5.82. The lowest BCUT2D eigenvalue weighted by atomic mass is 10.0. The number of ether oxygens (including phenoxy) is 1. The van der Waals surface area contributed by atoms with Crippen LogP contribution in [0.1, 0.15) is 49.1 Å². The first-order chi connectivity index (χ1) is 16.2. The highest BCUT2D eigenvalue weighted by Crippen LogP contribution is 2.32. The Hall–Kier alpha value is -3.12. The predicted octanol–water partition coefficient (Wildman–Crippen LogP) is 5.52. The highest BCUT2D eigenvalue weighted by molar-refractivity contribution is 7.10. The fourth-order valence-corrected chi connectivity index (χ4v) is 5.07. The molecule has 1 atom stereocenters. The Morgan fingerprint density at radius 2 is 1.85 bits per heavy atom. The zero-order valence-corrected chi connectivity index (χ0v) is 19.7. The molecule has 1 N–H and O–H groups in total. The summed E-state index contributed by atoms with van der Waals surface area (Å²) in [5.41, 5.74) is 1.44. The predicted molar refractivity (Wildman–Crippen MR) is 133 cm³/mol. The Morgan fingerprint density at radius 1 is 1.06 bits per heavy atom. The van der Waals surface area contributed by atoms with Crippen LogP contribution >= 0.6 is 11.3 Å². The molecule has 0 radical (unpaired) electrons. The van der Waals surface area contributed by atoms with Gasteiger partial charge in [0.2, 0.25) is 11.8 Å². The summed E-state index contributed by atoms with van der Waals surface area (Å²) < 4.78 is 5.70. The molecule has 0 spiro atoms. The number of rotatable bonds is 9. The van der Waals surface area contributed by atoms with Gasteiger partial charge in [-0.3, -0.25) is 14.5 Å². The van der Waals surface area contributed by atoms with Gasteiger partial charge in [-0.15, -0.1) is 11.3 Å². The molecule has 1 fully saturated rings.